The molecular formula is C15H22ClN3. The molecule has 1 aromatic rings. The number of anilines is 1. The molecule has 1 aromatic carbocycles. The molecule has 0 saturated carbocycles. The summed E-state index contributed by atoms with van der Waals surface area (Å²) in [5.41, 5.74) is 7.22. The van der Waals surface area contributed by atoms with Crippen molar-refractivity contribution in [3.05, 3.63) is 28.8 Å². The average molecular weight is 280 g/mol. The highest BCUT2D eigenvalue weighted by atomic mass is 35.5. The summed E-state index contributed by atoms with van der Waals surface area (Å²) < 4.78 is 0. The van der Waals surface area contributed by atoms with E-state index in [2.05, 4.69) is 18.7 Å². The third-order valence-corrected chi connectivity index (χ3v) is 4.38. The van der Waals surface area contributed by atoms with Crippen LogP contribution in [0.5, 0.6) is 0 Å². The SMILES string of the molecule is CC(C)C1CCN(c2ccc(C(=N)N)cc2Cl)CC1. The molecule has 1 aliphatic rings. The van der Waals surface area contributed by atoms with Crippen LogP contribution in [-0.4, -0.2) is 18.9 Å². The minimum Gasteiger partial charge on any atom is -0.384 e. The van der Waals surface area contributed by atoms with E-state index in [1.807, 2.05) is 12.1 Å². The maximum atomic E-state index is 7.43. The Morgan fingerprint density at radius 1 is 1.37 bits per heavy atom. The summed E-state index contributed by atoms with van der Waals surface area (Å²) in [4.78, 5) is 2.34. The van der Waals surface area contributed by atoms with E-state index in [1.165, 1.54) is 12.8 Å². The average Bonchev–Trinajstić information content (AvgIpc) is 2.38. The van der Waals surface area contributed by atoms with Crippen LogP contribution in [-0.2, 0) is 0 Å². The number of rotatable bonds is 3. The van der Waals surface area contributed by atoms with Crippen molar-refractivity contribution in [1.29, 1.82) is 5.41 Å². The van der Waals surface area contributed by atoms with Gasteiger partial charge in [-0.3, -0.25) is 5.41 Å². The molecule has 3 N–H and O–H groups in total. The van der Waals surface area contributed by atoms with Gasteiger partial charge in [0.1, 0.15) is 5.84 Å². The van der Waals surface area contributed by atoms with Gasteiger partial charge in [0.15, 0.2) is 0 Å². The zero-order valence-electron chi connectivity index (χ0n) is 11.6. The van der Waals surface area contributed by atoms with Gasteiger partial charge in [0.25, 0.3) is 0 Å². The highest BCUT2D eigenvalue weighted by molar-refractivity contribution is 6.33. The van der Waals surface area contributed by atoms with Crippen molar-refractivity contribution in [2.24, 2.45) is 17.6 Å². The number of amidine groups is 1. The zero-order chi connectivity index (χ0) is 14.0. The third kappa shape index (κ3) is 3.21. The fourth-order valence-electron chi connectivity index (χ4n) is 2.74. The molecule has 1 saturated heterocycles. The maximum absolute atomic E-state index is 7.43. The molecule has 2 rings (SSSR count). The summed E-state index contributed by atoms with van der Waals surface area (Å²) in [5, 5.41) is 8.12. The molecule has 19 heavy (non-hydrogen) atoms. The normalized spacial score (nSPS) is 16.9. The lowest BCUT2D eigenvalue weighted by molar-refractivity contribution is 0.311. The van der Waals surface area contributed by atoms with Crippen LogP contribution < -0.4 is 10.6 Å². The number of nitrogens with zero attached hydrogens (tertiary/aromatic N) is 1. The summed E-state index contributed by atoms with van der Waals surface area (Å²) in [5.74, 6) is 1.65. The highest BCUT2D eigenvalue weighted by Crippen LogP contribution is 2.32. The Kier molecular flexibility index (Phi) is 4.35. The monoisotopic (exact) mass is 279 g/mol. The van der Waals surface area contributed by atoms with Gasteiger partial charge in [0.2, 0.25) is 0 Å². The van der Waals surface area contributed by atoms with E-state index in [0.717, 1.165) is 30.6 Å². The van der Waals surface area contributed by atoms with Crippen molar-refractivity contribution in [2.45, 2.75) is 26.7 Å². The van der Waals surface area contributed by atoms with Crippen molar-refractivity contribution in [3.8, 4) is 0 Å². The van der Waals surface area contributed by atoms with Crippen LogP contribution >= 0.6 is 11.6 Å². The van der Waals surface area contributed by atoms with Crippen molar-refractivity contribution in [3.63, 3.8) is 0 Å². The summed E-state index contributed by atoms with van der Waals surface area (Å²) in [6.45, 7) is 6.72. The number of nitrogen functional groups attached to an aromatic ring is 1. The van der Waals surface area contributed by atoms with E-state index in [-0.39, 0.29) is 5.84 Å². The number of nitrogens with one attached hydrogen (secondary N) is 1. The first kappa shape index (κ1) is 14.2. The second kappa shape index (κ2) is 5.83. The van der Waals surface area contributed by atoms with E-state index in [1.54, 1.807) is 6.07 Å². The van der Waals surface area contributed by atoms with Crippen LogP contribution in [0, 0.1) is 17.2 Å². The van der Waals surface area contributed by atoms with E-state index in [0.29, 0.717) is 10.6 Å². The maximum Gasteiger partial charge on any atom is 0.122 e. The summed E-state index contributed by atoms with van der Waals surface area (Å²) in [7, 11) is 0. The molecule has 0 aromatic heterocycles. The Morgan fingerprint density at radius 2 is 2.00 bits per heavy atom. The number of piperidine rings is 1. The quantitative estimate of drug-likeness (QED) is 0.657. The third-order valence-electron chi connectivity index (χ3n) is 4.08. The van der Waals surface area contributed by atoms with E-state index in [9.17, 15) is 0 Å². The second-order valence-electron chi connectivity index (χ2n) is 5.65. The predicted molar refractivity (Wildman–Crippen MR) is 82.2 cm³/mol. The molecular weight excluding hydrogens is 258 g/mol. The number of halogens is 1. The van der Waals surface area contributed by atoms with Crippen LogP contribution in [0.25, 0.3) is 0 Å². The van der Waals surface area contributed by atoms with Crippen LogP contribution in [0.15, 0.2) is 18.2 Å². The van der Waals surface area contributed by atoms with E-state index in [4.69, 9.17) is 22.7 Å². The molecule has 0 unspecified atom stereocenters. The fourth-order valence-corrected chi connectivity index (χ4v) is 3.04. The van der Waals surface area contributed by atoms with Gasteiger partial charge in [-0.05, 0) is 42.9 Å². The Morgan fingerprint density at radius 3 is 2.47 bits per heavy atom. The molecule has 104 valence electrons. The van der Waals surface area contributed by atoms with Crippen LogP contribution in [0.3, 0.4) is 0 Å². The molecule has 0 radical (unpaired) electrons. The molecule has 1 aliphatic heterocycles. The minimum absolute atomic E-state index is 0.0620. The molecule has 1 heterocycles. The van der Waals surface area contributed by atoms with Gasteiger partial charge in [-0.1, -0.05) is 25.4 Å². The second-order valence-corrected chi connectivity index (χ2v) is 6.06. The first-order valence-electron chi connectivity index (χ1n) is 6.88. The van der Waals surface area contributed by atoms with Crippen molar-refractivity contribution < 1.29 is 0 Å². The Bertz CT molecular complexity index is 462. The van der Waals surface area contributed by atoms with Crippen molar-refractivity contribution >= 4 is 23.1 Å². The molecule has 4 heteroatoms. The van der Waals surface area contributed by atoms with Crippen LogP contribution in [0.2, 0.25) is 5.02 Å². The zero-order valence-corrected chi connectivity index (χ0v) is 12.4. The van der Waals surface area contributed by atoms with Crippen molar-refractivity contribution in [1.82, 2.24) is 0 Å². The lowest BCUT2D eigenvalue weighted by Crippen LogP contribution is -2.35. The van der Waals surface area contributed by atoms with Crippen LogP contribution in [0.1, 0.15) is 32.3 Å². The summed E-state index contributed by atoms with van der Waals surface area (Å²) in [6.07, 6.45) is 2.45. The molecule has 0 atom stereocenters. The molecule has 0 spiro atoms. The Hall–Kier alpha value is -1.22. The first-order valence-corrected chi connectivity index (χ1v) is 7.25. The van der Waals surface area contributed by atoms with Gasteiger partial charge in [-0.25, -0.2) is 0 Å². The van der Waals surface area contributed by atoms with Gasteiger partial charge in [0.05, 0.1) is 10.7 Å². The molecule has 1 fully saturated rings. The molecule has 0 amide bonds. The van der Waals surface area contributed by atoms with Gasteiger partial charge in [-0.2, -0.15) is 0 Å². The molecule has 0 bridgehead atoms. The fraction of sp³-hybridized carbons (Fsp3) is 0.533. The Balaban J connectivity index is 2.09. The van der Waals surface area contributed by atoms with Gasteiger partial charge in [-0.15, -0.1) is 0 Å². The molecule has 0 aliphatic carbocycles. The van der Waals surface area contributed by atoms with Gasteiger partial charge in [0, 0.05) is 18.7 Å². The van der Waals surface area contributed by atoms with E-state index >= 15 is 0 Å². The number of nitrogens with two attached hydrogens (primary N) is 1. The van der Waals surface area contributed by atoms with Gasteiger partial charge >= 0.3 is 0 Å². The standard InChI is InChI=1S/C15H22ClN3/c1-10(2)11-5-7-19(8-6-11)14-4-3-12(15(17)18)9-13(14)16/h3-4,9-11H,5-8H2,1-2H3,(H3,17,18). The summed E-state index contributed by atoms with van der Waals surface area (Å²) in [6, 6.07) is 5.64. The Labute approximate surface area is 120 Å². The molecule has 3 nitrogen and oxygen atoms in total. The number of benzene rings is 1. The number of hydrogen-bond acceptors (Lipinski definition) is 2. The highest BCUT2D eigenvalue weighted by Gasteiger charge is 2.22. The summed E-state index contributed by atoms with van der Waals surface area (Å²) >= 11 is 6.31. The van der Waals surface area contributed by atoms with E-state index < -0.39 is 0 Å². The lowest BCUT2D eigenvalue weighted by atomic mass is 9.86. The van der Waals surface area contributed by atoms with Crippen LogP contribution in [0.4, 0.5) is 5.69 Å². The smallest absolute Gasteiger partial charge is 0.122 e. The minimum atomic E-state index is 0.0620. The number of hydrogen-bond donors (Lipinski definition) is 2. The first-order chi connectivity index (χ1) is 8.99. The van der Waals surface area contributed by atoms with Gasteiger partial charge < -0.3 is 10.6 Å². The largest absolute Gasteiger partial charge is 0.384 e. The topological polar surface area (TPSA) is 53.1 Å². The van der Waals surface area contributed by atoms with Crippen molar-refractivity contribution in [2.75, 3.05) is 18.0 Å². The predicted octanol–water partition coefficient (Wildman–Crippen LogP) is 3.50. The lowest BCUT2D eigenvalue weighted by Gasteiger charge is -2.35.